The highest BCUT2D eigenvalue weighted by atomic mass is 14.7. The quantitative estimate of drug-likeness (QED) is 0.737. The number of nitrogens with zero attached hydrogens (tertiary/aromatic N) is 1. The maximum Gasteiger partial charge on any atom is 0.0643 e. The summed E-state index contributed by atoms with van der Waals surface area (Å²) < 4.78 is 0. The fourth-order valence-corrected chi connectivity index (χ4v) is 2.84. The van der Waals surface area contributed by atoms with Crippen LogP contribution in [0.1, 0.15) is 30.4 Å². The van der Waals surface area contributed by atoms with Crippen molar-refractivity contribution in [3.63, 3.8) is 0 Å². The molecule has 0 fully saturated rings. The zero-order chi connectivity index (χ0) is 13.1. The molecule has 0 radical (unpaired) electrons. The molecule has 0 amide bonds. The van der Waals surface area contributed by atoms with Crippen molar-refractivity contribution in [2.24, 2.45) is 4.99 Å². The Balaban J connectivity index is 2.22. The van der Waals surface area contributed by atoms with Crippen LogP contribution < -0.4 is 10.6 Å². The smallest absolute Gasteiger partial charge is 0.0643 e. The molecule has 0 N–H and O–H groups in total. The Morgan fingerprint density at radius 3 is 2.74 bits per heavy atom. The van der Waals surface area contributed by atoms with Crippen LogP contribution in [0.3, 0.4) is 0 Å². The summed E-state index contributed by atoms with van der Waals surface area (Å²) in [5.41, 5.74) is 2.92. The molecule has 3 rings (SSSR count). The van der Waals surface area contributed by atoms with Gasteiger partial charge in [-0.05, 0) is 35.3 Å². The van der Waals surface area contributed by atoms with Crippen LogP contribution in [0.25, 0.3) is 6.08 Å². The van der Waals surface area contributed by atoms with Crippen molar-refractivity contribution in [2.75, 3.05) is 6.54 Å². The molecule has 1 atom stereocenters. The molecule has 1 unspecified atom stereocenters. The molecule has 19 heavy (non-hydrogen) atoms. The van der Waals surface area contributed by atoms with E-state index in [0.29, 0.717) is 5.92 Å². The average Bonchev–Trinajstić information content (AvgIpc) is 2.54. The van der Waals surface area contributed by atoms with Gasteiger partial charge in [-0.25, -0.2) is 0 Å². The summed E-state index contributed by atoms with van der Waals surface area (Å²) in [6, 6.07) is 17.3. The van der Waals surface area contributed by atoms with Gasteiger partial charge < -0.3 is 0 Å². The lowest BCUT2D eigenvalue weighted by atomic mass is 9.90. The Morgan fingerprint density at radius 2 is 1.84 bits per heavy atom. The van der Waals surface area contributed by atoms with E-state index in [1.54, 1.807) is 0 Å². The summed E-state index contributed by atoms with van der Waals surface area (Å²) in [5.74, 6) is 0.491. The van der Waals surface area contributed by atoms with E-state index in [4.69, 9.17) is 4.99 Å². The first-order valence-electron chi connectivity index (χ1n) is 7.07. The first-order valence-corrected chi connectivity index (χ1v) is 7.07. The zero-order valence-corrected chi connectivity index (χ0v) is 11.3. The van der Waals surface area contributed by atoms with Gasteiger partial charge in [0.2, 0.25) is 0 Å². The molecule has 0 bridgehead atoms. The third-order valence-corrected chi connectivity index (χ3v) is 3.88. The molecule has 96 valence electrons. The third kappa shape index (κ3) is 2.46. The second-order valence-electron chi connectivity index (χ2n) is 5.07. The van der Waals surface area contributed by atoms with Crippen molar-refractivity contribution in [2.45, 2.75) is 25.7 Å². The van der Waals surface area contributed by atoms with Gasteiger partial charge in [-0.3, -0.25) is 4.99 Å². The van der Waals surface area contributed by atoms with Gasteiger partial charge in [0, 0.05) is 12.5 Å². The van der Waals surface area contributed by atoms with Gasteiger partial charge in [0.1, 0.15) is 0 Å². The van der Waals surface area contributed by atoms with Gasteiger partial charge in [0.05, 0.1) is 5.36 Å². The second kappa shape index (κ2) is 5.40. The highest BCUT2D eigenvalue weighted by Gasteiger charge is 2.11. The van der Waals surface area contributed by atoms with Gasteiger partial charge in [0.25, 0.3) is 0 Å². The van der Waals surface area contributed by atoms with Crippen LogP contribution in [-0.4, -0.2) is 6.54 Å². The summed E-state index contributed by atoms with van der Waals surface area (Å²) in [7, 11) is 0. The molecule has 1 aliphatic rings. The van der Waals surface area contributed by atoms with Crippen LogP contribution in [0, 0.1) is 0 Å². The molecular weight excluding hydrogens is 230 g/mol. The summed E-state index contributed by atoms with van der Waals surface area (Å²) in [6.07, 6.45) is 4.54. The van der Waals surface area contributed by atoms with Crippen LogP contribution >= 0.6 is 0 Å². The lowest BCUT2D eigenvalue weighted by molar-refractivity contribution is 0.819. The number of para-hydroxylation sites is 1. The van der Waals surface area contributed by atoms with Gasteiger partial charge >= 0.3 is 0 Å². The predicted octanol–water partition coefficient (Wildman–Crippen LogP) is 2.84. The summed E-state index contributed by atoms with van der Waals surface area (Å²) in [6.45, 7) is 3.13. The van der Waals surface area contributed by atoms with Crippen LogP contribution in [0.5, 0.6) is 0 Å². The molecule has 0 aliphatic carbocycles. The topological polar surface area (TPSA) is 12.4 Å². The standard InChI is InChI=1S/C18H19N/c1-2-14-13-16-8-4-6-10-18(16)19-12-11-15-7-3-5-9-17(14)15/h3-10,13-14H,2,11-12H2,1H3. The Labute approximate surface area is 114 Å². The Kier molecular flexibility index (Phi) is 3.45. The van der Waals surface area contributed by atoms with Crippen LogP contribution in [0.4, 0.5) is 0 Å². The van der Waals surface area contributed by atoms with Crippen molar-refractivity contribution in [3.8, 4) is 0 Å². The maximum absolute atomic E-state index is 4.74. The first kappa shape index (κ1) is 12.2. The lowest BCUT2D eigenvalue weighted by Crippen LogP contribution is -2.25. The molecule has 0 saturated heterocycles. The number of benzene rings is 2. The van der Waals surface area contributed by atoms with Gasteiger partial charge in [-0.15, -0.1) is 0 Å². The highest BCUT2D eigenvalue weighted by Crippen LogP contribution is 2.25. The van der Waals surface area contributed by atoms with Crippen molar-refractivity contribution in [1.29, 1.82) is 0 Å². The minimum atomic E-state index is 0.491. The molecule has 2 aromatic rings. The van der Waals surface area contributed by atoms with E-state index in [9.17, 15) is 0 Å². The molecule has 1 aliphatic heterocycles. The summed E-state index contributed by atoms with van der Waals surface area (Å²) in [4.78, 5) is 4.74. The Morgan fingerprint density at radius 1 is 1.05 bits per heavy atom. The van der Waals surface area contributed by atoms with Crippen molar-refractivity contribution >= 4 is 6.08 Å². The normalized spacial score (nSPS) is 17.8. The Bertz CT molecular complexity index is 685. The van der Waals surface area contributed by atoms with Crippen LogP contribution in [-0.2, 0) is 6.42 Å². The maximum atomic E-state index is 4.74. The molecule has 1 heteroatoms. The minimum Gasteiger partial charge on any atom is -0.284 e. The van der Waals surface area contributed by atoms with E-state index in [1.165, 1.54) is 16.3 Å². The third-order valence-electron chi connectivity index (χ3n) is 3.88. The number of rotatable bonds is 1. The first-order chi connectivity index (χ1) is 9.38. The van der Waals surface area contributed by atoms with Crippen molar-refractivity contribution < 1.29 is 0 Å². The molecule has 0 spiro atoms. The summed E-state index contributed by atoms with van der Waals surface area (Å²) in [5, 5.41) is 2.40. The van der Waals surface area contributed by atoms with Crippen LogP contribution in [0.2, 0.25) is 0 Å². The zero-order valence-electron chi connectivity index (χ0n) is 11.3. The number of hydrogen-bond donors (Lipinski definition) is 0. The van der Waals surface area contributed by atoms with Crippen LogP contribution in [0.15, 0.2) is 53.5 Å². The van der Waals surface area contributed by atoms with E-state index in [0.717, 1.165) is 24.7 Å². The molecule has 1 nitrogen and oxygen atoms in total. The Hall–Kier alpha value is -1.89. The molecule has 0 aromatic heterocycles. The van der Waals surface area contributed by atoms with E-state index in [-0.39, 0.29) is 0 Å². The number of hydrogen-bond acceptors (Lipinski definition) is 1. The van der Waals surface area contributed by atoms with E-state index >= 15 is 0 Å². The van der Waals surface area contributed by atoms with Crippen molar-refractivity contribution in [1.82, 2.24) is 0 Å². The SMILES string of the molecule is CCC1C=c2ccccc2=NCCc2ccccc21. The van der Waals surface area contributed by atoms with E-state index < -0.39 is 0 Å². The van der Waals surface area contributed by atoms with E-state index in [2.05, 4.69) is 61.5 Å². The molecule has 1 heterocycles. The van der Waals surface area contributed by atoms with Gasteiger partial charge in [0.15, 0.2) is 0 Å². The van der Waals surface area contributed by atoms with Gasteiger partial charge in [-0.2, -0.15) is 0 Å². The van der Waals surface area contributed by atoms with Crippen molar-refractivity contribution in [3.05, 3.63) is 70.2 Å². The second-order valence-corrected chi connectivity index (χ2v) is 5.07. The average molecular weight is 249 g/mol. The highest BCUT2D eigenvalue weighted by molar-refractivity contribution is 5.43. The largest absolute Gasteiger partial charge is 0.284 e. The van der Waals surface area contributed by atoms with E-state index in [1.807, 2.05) is 0 Å². The molecule has 0 saturated carbocycles. The molecular formula is C18H19N. The minimum absolute atomic E-state index is 0.491. The fourth-order valence-electron chi connectivity index (χ4n) is 2.84. The fraction of sp³-hybridized carbons (Fsp3) is 0.278. The van der Waals surface area contributed by atoms with Gasteiger partial charge in [-0.1, -0.05) is 55.5 Å². The lowest BCUT2D eigenvalue weighted by Gasteiger charge is -2.15. The number of fused-ring (bicyclic) bond motifs is 2. The monoisotopic (exact) mass is 249 g/mol. The predicted molar refractivity (Wildman–Crippen MR) is 79.7 cm³/mol. The summed E-state index contributed by atoms with van der Waals surface area (Å²) >= 11 is 0. The molecule has 2 aromatic carbocycles.